The summed E-state index contributed by atoms with van der Waals surface area (Å²) in [7, 11) is 0. The minimum Gasteiger partial charge on any atom is -0.326 e. The molecule has 1 fully saturated rings. The Bertz CT molecular complexity index is 952. The number of benzene rings is 2. The van der Waals surface area contributed by atoms with Gasteiger partial charge in [0, 0.05) is 18.7 Å². The van der Waals surface area contributed by atoms with E-state index in [-0.39, 0.29) is 11.8 Å². The van der Waals surface area contributed by atoms with Gasteiger partial charge in [0.25, 0.3) is 5.91 Å². The van der Waals surface area contributed by atoms with Crippen LogP contribution in [0.15, 0.2) is 53.4 Å². The van der Waals surface area contributed by atoms with Gasteiger partial charge in [-0.2, -0.15) is 0 Å². The first-order valence-electron chi connectivity index (χ1n) is 9.67. The standard InChI is InChI=1S/C23H24N2O2S2/c1-3-17-10-12-18(13-11-17)15-20-22(27)25(23(28)29-20)14-6-9-21(26)24-19-8-5-4-7-16(19)2/h4-5,7-8,10-13,15H,3,6,9,14H2,1-2H3,(H,24,26)/b20-15-. The molecule has 0 aliphatic carbocycles. The Morgan fingerprint density at radius 1 is 1.17 bits per heavy atom. The maximum absolute atomic E-state index is 12.7. The van der Waals surface area contributed by atoms with Crippen molar-refractivity contribution in [2.75, 3.05) is 11.9 Å². The molecule has 0 radical (unpaired) electrons. The van der Waals surface area contributed by atoms with Crippen LogP contribution in [-0.4, -0.2) is 27.6 Å². The average molecular weight is 425 g/mol. The van der Waals surface area contributed by atoms with Crippen LogP contribution in [0.25, 0.3) is 6.08 Å². The monoisotopic (exact) mass is 424 g/mol. The van der Waals surface area contributed by atoms with Crippen molar-refractivity contribution >= 4 is 51.9 Å². The van der Waals surface area contributed by atoms with E-state index in [0.29, 0.717) is 28.6 Å². The number of carbonyl (C=O) groups excluding carboxylic acids is 2. The smallest absolute Gasteiger partial charge is 0.266 e. The first-order chi connectivity index (χ1) is 14.0. The van der Waals surface area contributed by atoms with Crippen molar-refractivity contribution in [3.05, 3.63) is 70.1 Å². The Morgan fingerprint density at radius 2 is 1.90 bits per heavy atom. The molecule has 3 rings (SSSR count). The summed E-state index contributed by atoms with van der Waals surface area (Å²) in [5, 5.41) is 2.92. The normalized spacial score (nSPS) is 15.2. The molecule has 0 aromatic heterocycles. The number of nitrogens with zero attached hydrogens (tertiary/aromatic N) is 1. The summed E-state index contributed by atoms with van der Waals surface area (Å²) in [6, 6.07) is 15.8. The molecular formula is C23H24N2O2S2. The molecule has 0 saturated carbocycles. The lowest BCUT2D eigenvalue weighted by Crippen LogP contribution is -2.29. The van der Waals surface area contributed by atoms with Crippen molar-refractivity contribution in [3.63, 3.8) is 0 Å². The van der Waals surface area contributed by atoms with Crippen LogP contribution in [0.5, 0.6) is 0 Å². The lowest BCUT2D eigenvalue weighted by Gasteiger charge is -2.14. The molecule has 6 heteroatoms. The van der Waals surface area contributed by atoms with E-state index >= 15 is 0 Å². The zero-order chi connectivity index (χ0) is 20.8. The number of thioether (sulfide) groups is 1. The van der Waals surface area contributed by atoms with Gasteiger partial charge in [-0.15, -0.1) is 0 Å². The van der Waals surface area contributed by atoms with Crippen LogP contribution in [0, 0.1) is 6.92 Å². The molecule has 0 atom stereocenters. The van der Waals surface area contributed by atoms with E-state index in [1.54, 1.807) is 4.90 Å². The van der Waals surface area contributed by atoms with Gasteiger partial charge in [0.2, 0.25) is 5.91 Å². The predicted molar refractivity (Wildman–Crippen MR) is 125 cm³/mol. The largest absolute Gasteiger partial charge is 0.326 e. The van der Waals surface area contributed by atoms with Gasteiger partial charge in [-0.05, 0) is 48.6 Å². The van der Waals surface area contributed by atoms with Gasteiger partial charge in [-0.3, -0.25) is 14.5 Å². The third kappa shape index (κ3) is 5.55. The summed E-state index contributed by atoms with van der Waals surface area (Å²) in [6.07, 6.45) is 3.76. The summed E-state index contributed by atoms with van der Waals surface area (Å²) in [6.45, 7) is 4.51. The van der Waals surface area contributed by atoms with E-state index in [0.717, 1.165) is 23.2 Å². The lowest BCUT2D eigenvalue weighted by atomic mass is 10.1. The maximum Gasteiger partial charge on any atom is 0.266 e. The number of nitrogens with one attached hydrogen (secondary N) is 1. The second kappa shape index (κ2) is 9.85. The van der Waals surface area contributed by atoms with E-state index in [1.165, 1.54) is 17.3 Å². The molecular weight excluding hydrogens is 400 g/mol. The zero-order valence-electron chi connectivity index (χ0n) is 16.6. The summed E-state index contributed by atoms with van der Waals surface area (Å²) in [5.74, 6) is -0.143. The molecule has 0 spiro atoms. The lowest BCUT2D eigenvalue weighted by molar-refractivity contribution is -0.122. The summed E-state index contributed by atoms with van der Waals surface area (Å²) < 4.78 is 0.547. The summed E-state index contributed by atoms with van der Waals surface area (Å²) >= 11 is 6.70. The van der Waals surface area contributed by atoms with Crippen LogP contribution in [0.3, 0.4) is 0 Å². The molecule has 1 heterocycles. The van der Waals surface area contributed by atoms with Crippen molar-refractivity contribution < 1.29 is 9.59 Å². The fourth-order valence-corrected chi connectivity index (χ4v) is 4.33. The van der Waals surface area contributed by atoms with Crippen LogP contribution in [-0.2, 0) is 16.0 Å². The summed E-state index contributed by atoms with van der Waals surface area (Å²) in [5.41, 5.74) is 4.09. The van der Waals surface area contributed by atoms with Gasteiger partial charge in [0.1, 0.15) is 4.32 Å². The maximum atomic E-state index is 12.7. The second-order valence-electron chi connectivity index (χ2n) is 6.90. The highest BCUT2D eigenvalue weighted by Gasteiger charge is 2.31. The zero-order valence-corrected chi connectivity index (χ0v) is 18.2. The minimum atomic E-state index is -0.0844. The van der Waals surface area contributed by atoms with Gasteiger partial charge in [0.15, 0.2) is 0 Å². The Balaban J connectivity index is 1.54. The topological polar surface area (TPSA) is 49.4 Å². The fraction of sp³-hybridized carbons (Fsp3) is 0.261. The number of anilines is 1. The van der Waals surface area contributed by atoms with Gasteiger partial charge < -0.3 is 5.32 Å². The molecule has 1 aliphatic rings. The third-order valence-corrected chi connectivity index (χ3v) is 6.14. The van der Waals surface area contributed by atoms with Crippen molar-refractivity contribution in [2.24, 2.45) is 0 Å². The number of hydrogen-bond acceptors (Lipinski definition) is 4. The molecule has 29 heavy (non-hydrogen) atoms. The number of amides is 2. The van der Waals surface area contributed by atoms with Crippen molar-refractivity contribution in [3.8, 4) is 0 Å². The highest BCUT2D eigenvalue weighted by Crippen LogP contribution is 2.32. The number of hydrogen-bond donors (Lipinski definition) is 1. The highest BCUT2D eigenvalue weighted by molar-refractivity contribution is 8.26. The Labute approximate surface area is 181 Å². The predicted octanol–water partition coefficient (Wildman–Crippen LogP) is 5.18. The van der Waals surface area contributed by atoms with Crippen LogP contribution < -0.4 is 5.32 Å². The van der Waals surface area contributed by atoms with Gasteiger partial charge in [-0.1, -0.05) is 73.4 Å². The van der Waals surface area contributed by atoms with E-state index < -0.39 is 0 Å². The van der Waals surface area contributed by atoms with Crippen LogP contribution >= 0.6 is 24.0 Å². The average Bonchev–Trinajstić information content (AvgIpc) is 2.97. The van der Waals surface area contributed by atoms with Gasteiger partial charge in [0.05, 0.1) is 4.91 Å². The molecule has 1 N–H and O–H groups in total. The Kier molecular flexibility index (Phi) is 7.23. The SMILES string of the molecule is CCc1ccc(/C=C2\SC(=S)N(CCCC(=O)Nc3ccccc3C)C2=O)cc1. The van der Waals surface area contributed by atoms with Crippen molar-refractivity contribution in [1.29, 1.82) is 0 Å². The third-order valence-electron chi connectivity index (χ3n) is 4.76. The molecule has 2 aromatic rings. The molecule has 0 unspecified atom stereocenters. The van der Waals surface area contributed by atoms with Gasteiger partial charge >= 0.3 is 0 Å². The van der Waals surface area contributed by atoms with E-state index in [1.807, 2.05) is 49.4 Å². The number of carbonyl (C=O) groups is 2. The van der Waals surface area contributed by atoms with Crippen LogP contribution in [0.1, 0.15) is 36.5 Å². The van der Waals surface area contributed by atoms with E-state index in [4.69, 9.17) is 12.2 Å². The second-order valence-corrected chi connectivity index (χ2v) is 8.57. The first-order valence-corrected chi connectivity index (χ1v) is 10.9. The molecule has 1 saturated heterocycles. The summed E-state index contributed by atoms with van der Waals surface area (Å²) in [4.78, 5) is 27.1. The molecule has 0 bridgehead atoms. The van der Waals surface area contributed by atoms with Crippen molar-refractivity contribution in [1.82, 2.24) is 4.90 Å². The van der Waals surface area contributed by atoms with E-state index in [2.05, 4.69) is 24.4 Å². The molecule has 2 aromatic carbocycles. The highest BCUT2D eigenvalue weighted by atomic mass is 32.2. The number of aryl methyl sites for hydroxylation is 2. The quantitative estimate of drug-likeness (QED) is 0.492. The van der Waals surface area contributed by atoms with Crippen LogP contribution in [0.2, 0.25) is 0 Å². The molecule has 4 nitrogen and oxygen atoms in total. The number of rotatable bonds is 7. The minimum absolute atomic E-state index is 0.0590. The van der Waals surface area contributed by atoms with E-state index in [9.17, 15) is 9.59 Å². The van der Waals surface area contributed by atoms with Gasteiger partial charge in [-0.25, -0.2) is 0 Å². The van der Waals surface area contributed by atoms with Crippen LogP contribution in [0.4, 0.5) is 5.69 Å². The molecule has 150 valence electrons. The number of para-hydroxylation sites is 1. The molecule has 2 amide bonds. The first kappa shape index (κ1) is 21.3. The fourth-order valence-electron chi connectivity index (χ4n) is 3.02. The number of thiocarbonyl (C=S) groups is 1. The Morgan fingerprint density at radius 3 is 2.59 bits per heavy atom. The van der Waals surface area contributed by atoms with Crippen molar-refractivity contribution in [2.45, 2.75) is 33.1 Å². The molecule has 1 aliphatic heterocycles. The Hall–Kier alpha value is -2.44.